The molecule has 0 saturated carbocycles. The molecule has 1 heterocycles. The molecule has 1 fully saturated rings. The van der Waals surface area contributed by atoms with Gasteiger partial charge >= 0.3 is 6.03 Å². The fourth-order valence-corrected chi connectivity index (χ4v) is 3.00. The van der Waals surface area contributed by atoms with Gasteiger partial charge in [0.15, 0.2) is 0 Å². The zero-order chi connectivity index (χ0) is 15.8. The maximum absolute atomic E-state index is 13.1. The minimum absolute atomic E-state index is 0.0441. The number of carbonyl (C=O) groups excluding carboxylic acids is 1. The van der Waals surface area contributed by atoms with Crippen molar-refractivity contribution in [1.82, 2.24) is 10.2 Å². The molecule has 0 spiro atoms. The first-order chi connectivity index (χ1) is 10.7. The molecule has 0 aliphatic carbocycles. The lowest BCUT2D eigenvalue weighted by Gasteiger charge is -2.35. The van der Waals surface area contributed by atoms with Crippen LogP contribution in [-0.2, 0) is 6.42 Å². The Hall–Kier alpha value is -1.62. The molecule has 1 aromatic carbocycles. The summed E-state index contributed by atoms with van der Waals surface area (Å²) in [6.07, 6.45) is 5.30. The Labute approximate surface area is 131 Å². The summed E-state index contributed by atoms with van der Waals surface area (Å²) in [7, 11) is 0. The molecule has 22 heavy (non-hydrogen) atoms. The topological polar surface area (TPSA) is 52.6 Å². The zero-order valence-corrected chi connectivity index (χ0v) is 12.9. The van der Waals surface area contributed by atoms with Crippen LogP contribution in [0.25, 0.3) is 0 Å². The summed E-state index contributed by atoms with van der Waals surface area (Å²) in [5.74, 6) is -0.221. The third kappa shape index (κ3) is 4.98. The van der Waals surface area contributed by atoms with E-state index < -0.39 is 0 Å². The highest BCUT2D eigenvalue weighted by Crippen LogP contribution is 2.19. The second kappa shape index (κ2) is 8.73. The molecular formula is C17H25FN2O2. The summed E-state index contributed by atoms with van der Waals surface area (Å²) in [6.45, 7) is 1.46. The summed E-state index contributed by atoms with van der Waals surface area (Å²) >= 11 is 0. The van der Waals surface area contributed by atoms with Crippen LogP contribution in [0.3, 0.4) is 0 Å². The number of benzene rings is 1. The van der Waals surface area contributed by atoms with Crippen LogP contribution in [0, 0.1) is 5.82 Å². The number of rotatable bonds is 6. The van der Waals surface area contributed by atoms with Gasteiger partial charge in [-0.25, -0.2) is 9.18 Å². The smallest absolute Gasteiger partial charge is 0.317 e. The molecule has 0 aromatic heterocycles. The predicted molar refractivity (Wildman–Crippen MR) is 84.2 cm³/mol. The van der Waals surface area contributed by atoms with Crippen molar-refractivity contribution in [3.63, 3.8) is 0 Å². The highest BCUT2D eigenvalue weighted by Gasteiger charge is 2.25. The summed E-state index contributed by atoms with van der Waals surface area (Å²) < 4.78 is 13.1. The minimum Gasteiger partial charge on any atom is -0.396 e. The van der Waals surface area contributed by atoms with Crippen LogP contribution in [0.1, 0.15) is 37.7 Å². The molecule has 4 nitrogen and oxygen atoms in total. The molecule has 1 saturated heterocycles. The highest BCUT2D eigenvalue weighted by molar-refractivity contribution is 5.74. The molecule has 2 rings (SSSR count). The first kappa shape index (κ1) is 16.7. The largest absolute Gasteiger partial charge is 0.396 e. The van der Waals surface area contributed by atoms with E-state index in [1.807, 2.05) is 11.0 Å². The van der Waals surface area contributed by atoms with Crippen molar-refractivity contribution in [1.29, 1.82) is 0 Å². The first-order valence-electron chi connectivity index (χ1n) is 8.10. The summed E-state index contributed by atoms with van der Waals surface area (Å²) in [5, 5.41) is 12.0. The second-order valence-electron chi connectivity index (χ2n) is 5.82. The quantitative estimate of drug-likeness (QED) is 0.794. The number of carbonyl (C=O) groups is 1. The summed E-state index contributed by atoms with van der Waals surface area (Å²) in [4.78, 5) is 14.1. The lowest BCUT2D eigenvalue weighted by Crippen LogP contribution is -2.49. The number of nitrogens with zero attached hydrogens (tertiary/aromatic N) is 1. The van der Waals surface area contributed by atoms with E-state index in [0.717, 1.165) is 44.2 Å². The molecule has 1 aliphatic heterocycles. The number of hydrogen-bond acceptors (Lipinski definition) is 2. The van der Waals surface area contributed by atoms with Gasteiger partial charge in [-0.1, -0.05) is 12.1 Å². The number of aliphatic hydroxyl groups is 1. The van der Waals surface area contributed by atoms with E-state index in [-0.39, 0.29) is 24.5 Å². The number of piperidine rings is 1. The molecule has 5 heteroatoms. The SMILES string of the molecule is O=C(NCCCc1cccc(F)c1)N1CCCCC1CCO. The van der Waals surface area contributed by atoms with Gasteiger partial charge in [-0.05, 0) is 56.2 Å². The van der Waals surface area contributed by atoms with Crippen LogP contribution in [0.4, 0.5) is 9.18 Å². The number of amides is 2. The van der Waals surface area contributed by atoms with Crippen LogP contribution in [0.5, 0.6) is 0 Å². The van der Waals surface area contributed by atoms with E-state index in [1.165, 1.54) is 12.1 Å². The standard InChI is InChI=1S/C17H25FN2O2/c18-15-7-3-5-14(13-15)6-4-10-19-17(22)20-11-2-1-8-16(20)9-12-21/h3,5,7,13,16,21H,1-2,4,6,8-12H2,(H,19,22). The van der Waals surface area contributed by atoms with Crippen molar-refractivity contribution in [3.8, 4) is 0 Å². The van der Waals surface area contributed by atoms with E-state index in [2.05, 4.69) is 5.32 Å². The van der Waals surface area contributed by atoms with Gasteiger partial charge in [0, 0.05) is 25.7 Å². The van der Waals surface area contributed by atoms with Gasteiger partial charge < -0.3 is 15.3 Å². The fraction of sp³-hybridized carbons (Fsp3) is 0.588. The van der Waals surface area contributed by atoms with Gasteiger partial charge in [-0.3, -0.25) is 0 Å². The Kier molecular flexibility index (Phi) is 6.65. The number of aliphatic hydroxyl groups excluding tert-OH is 1. The molecule has 2 amide bonds. The average Bonchev–Trinajstić information content (AvgIpc) is 2.52. The Balaban J connectivity index is 1.72. The molecule has 1 atom stereocenters. The molecular weight excluding hydrogens is 283 g/mol. The third-order valence-corrected chi connectivity index (χ3v) is 4.16. The molecule has 2 N–H and O–H groups in total. The van der Waals surface area contributed by atoms with Gasteiger partial charge in [-0.2, -0.15) is 0 Å². The number of hydrogen-bond donors (Lipinski definition) is 2. The predicted octanol–water partition coefficient (Wildman–Crippen LogP) is 2.70. The monoisotopic (exact) mass is 308 g/mol. The first-order valence-corrected chi connectivity index (χ1v) is 8.10. The summed E-state index contributed by atoms with van der Waals surface area (Å²) in [6, 6.07) is 6.68. The van der Waals surface area contributed by atoms with Crippen molar-refractivity contribution in [2.75, 3.05) is 19.7 Å². The van der Waals surface area contributed by atoms with Crippen LogP contribution in [0.15, 0.2) is 24.3 Å². The van der Waals surface area contributed by atoms with E-state index in [9.17, 15) is 9.18 Å². The number of urea groups is 1. The van der Waals surface area contributed by atoms with Crippen LogP contribution in [0.2, 0.25) is 0 Å². The van der Waals surface area contributed by atoms with Crippen LogP contribution >= 0.6 is 0 Å². The summed E-state index contributed by atoms with van der Waals surface area (Å²) in [5.41, 5.74) is 0.949. The maximum Gasteiger partial charge on any atom is 0.317 e. The normalized spacial score (nSPS) is 18.3. The maximum atomic E-state index is 13.1. The van der Waals surface area contributed by atoms with Gasteiger partial charge in [-0.15, -0.1) is 0 Å². The number of likely N-dealkylation sites (tertiary alicyclic amines) is 1. The fourth-order valence-electron chi connectivity index (χ4n) is 3.00. The van der Waals surface area contributed by atoms with Crippen LogP contribution in [-0.4, -0.2) is 41.8 Å². The van der Waals surface area contributed by atoms with Gasteiger partial charge in [0.1, 0.15) is 5.82 Å². The van der Waals surface area contributed by atoms with Crippen molar-refractivity contribution >= 4 is 6.03 Å². The minimum atomic E-state index is -0.221. The molecule has 0 radical (unpaired) electrons. The number of nitrogens with one attached hydrogen (secondary N) is 1. The Morgan fingerprint density at radius 2 is 2.27 bits per heavy atom. The van der Waals surface area contributed by atoms with E-state index in [4.69, 9.17) is 5.11 Å². The van der Waals surface area contributed by atoms with Gasteiger partial charge in [0.05, 0.1) is 0 Å². The lowest BCUT2D eigenvalue weighted by atomic mass is 10.0. The number of halogens is 1. The van der Waals surface area contributed by atoms with Crippen molar-refractivity contribution in [2.24, 2.45) is 0 Å². The Bertz CT molecular complexity index is 479. The van der Waals surface area contributed by atoms with Gasteiger partial charge in [0.25, 0.3) is 0 Å². The van der Waals surface area contributed by atoms with Crippen molar-refractivity contribution < 1.29 is 14.3 Å². The molecule has 1 unspecified atom stereocenters. The van der Waals surface area contributed by atoms with Crippen molar-refractivity contribution in [2.45, 2.75) is 44.6 Å². The van der Waals surface area contributed by atoms with Crippen molar-refractivity contribution in [3.05, 3.63) is 35.6 Å². The molecule has 1 aromatic rings. The molecule has 122 valence electrons. The Morgan fingerprint density at radius 3 is 3.05 bits per heavy atom. The highest BCUT2D eigenvalue weighted by atomic mass is 19.1. The second-order valence-corrected chi connectivity index (χ2v) is 5.82. The third-order valence-electron chi connectivity index (χ3n) is 4.16. The molecule has 1 aliphatic rings. The number of aryl methyl sites for hydroxylation is 1. The van der Waals surface area contributed by atoms with Crippen LogP contribution < -0.4 is 5.32 Å². The zero-order valence-electron chi connectivity index (χ0n) is 12.9. The average molecular weight is 308 g/mol. The van der Waals surface area contributed by atoms with E-state index in [0.29, 0.717) is 13.0 Å². The molecule has 0 bridgehead atoms. The van der Waals surface area contributed by atoms with E-state index in [1.54, 1.807) is 6.07 Å². The van der Waals surface area contributed by atoms with E-state index >= 15 is 0 Å². The lowest BCUT2D eigenvalue weighted by molar-refractivity contribution is 0.132. The Morgan fingerprint density at radius 1 is 1.41 bits per heavy atom. The van der Waals surface area contributed by atoms with Gasteiger partial charge in [0.2, 0.25) is 0 Å².